The van der Waals surface area contributed by atoms with Crippen molar-refractivity contribution in [3.8, 4) is 5.75 Å². The molecule has 0 unspecified atom stereocenters. The third-order valence-corrected chi connectivity index (χ3v) is 2.94. The lowest BCUT2D eigenvalue weighted by Crippen LogP contribution is -2.18. The molecule has 2 aromatic carbocycles. The summed E-state index contributed by atoms with van der Waals surface area (Å²) in [6.07, 6.45) is 0. The SMILES string of the molecule is Cc1cccc(OCC(=O)O/N=C(/N)c2cccc([N+](=O)[O-])c2)c1. The highest BCUT2D eigenvalue weighted by Crippen LogP contribution is 2.13. The number of ether oxygens (including phenoxy) is 1. The van der Waals surface area contributed by atoms with Crippen molar-refractivity contribution in [3.63, 3.8) is 0 Å². The average molecular weight is 329 g/mol. The largest absolute Gasteiger partial charge is 0.482 e. The molecule has 0 heterocycles. The summed E-state index contributed by atoms with van der Waals surface area (Å²) in [6.45, 7) is 1.56. The van der Waals surface area contributed by atoms with Crippen LogP contribution in [0.4, 0.5) is 5.69 Å². The van der Waals surface area contributed by atoms with E-state index in [1.54, 1.807) is 18.2 Å². The lowest BCUT2D eigenvalue weighted by atomic mass is 10.2. The number of hydrogen-bond acceptors (Lipinski definition) is 6. The maximum atomic E-state index is 11.6. The molecule has 0 atom stereocenters. The summed E-state index contributed by atoms with van der Waals surface area (Å²) >= 11 is 0. The Bertz CT molecular complexity index is 789. The molecular formula is C16H15N3O5. The number of carbonyl (C=O) groups is 1. The van der Waals surface area contributed by atoms with Crippen LogP contribution in [0.25, 0.3) is 0 Å². The number of non-ortho nitro benzene ring substituents is 1. The minimum Gasteiger partial charge on any atom is -0.482 e. The first-order valence-corrected chi connectivity index (χ1v) is 6.93. The molecule has 24 heavy (non-hydrogen) atoms. The van der Waals surface area contributed by atoms with Gasteiger partial charge in [0.1, 0.15) is 5.75 Å². The minimum absolute atomic E-state index is 0.139. The van der Waals surface area contributed by atoms with Crippen molar-refractivity contribution >= 4 is 17.5 Å². The predicted molar refractivity (Wildman–Crippen MR) is 86.6 cm³/mol. The Morgan fingerprint density at radius 1 is 1.25 bits per heavy atom. The van der Waals surface area contributed by atoms with Gasteiger partial charge in [-0.25, -0.2) is 4.79 Å². The van der Waals surface area contributed by atoms with E-state index in [0.717, 1.165) is 5.56 Å². The van der Waals surface area contributed by atoms with Crippen molar-refractivity contribution in [3.05, 3.63) is 69.8 Å². The zero-order valence-corrected chi connectivity index (χ0v) is 12.8. The number of carbonyl (C=O) groups excluding carboxylic acids is 1. The van der Waals surface area contributed by atoms with Gasteiger partial charge in [0.25, 0.3) is 5.69 Å². The summed E-state index contributed by atoms with van der Waals surface area (Å²) < 4.78 is 5.26. The van der Waals surface area contributed by atoms with E-state index in [2.05, 4.69) is 9.99 Å². The second-order valence-corrected chi connectivity index (χ2v) is 4.85. The highest BCUT2D eigenvalue weighted by Gasteiger charge is 2.10. The second kappa shape index (κ2) is 7.73. The molecule has 8 heteroatoms. The Hall–Kier alpha value is -3.42. The second-order valence-electron chi connectivity index (χ2n) is 4.85. The number of hydrogen-bond donors (Lipinski definition) is 1. The highest BCUT2D eigenvalue weighted by molar-refractivity contribution is 5.97. The van der Waals surface area contributed by atoms with Crippen LogP contribution in [0.2, 0.25) is 0 Å². The van der Waals surface area contributed by atoms with Crippen molar-refractivity contribution in [1.82, 2.24) is 0 Å². The molecule has 0 spiro atoms. The number of rotatable bonds is 6. The molecule has 0 bridgehead atoms. The molecule has 0 aliphatic carbocycles. The zero-order valence-electron chi connectivity index (χ0n) is 12.8. The van der Waals surface area contributed by atoms with Crippen molar-refractivity contribution < 1.29 is 19.3 Å². The van der Waals surface area contributed by atoms with E-state index in [4.69, 9.17) is 10.5 Å². The van der Waals surface area contributed by atoms with Crippen LogP contribution in [-0.2, 0) is 9.63 Å². The molecule has 0 aromatic heterocycles. The van der Waals surface area contributed by atoms with Crippen LogP contribution in [-0.4, -0.2) is 23.3 Å². The maximum Gasteiger partial charge on any atom is 0.372 e. The van der Waals surface area contributed by atoms with E-state index in [9.17, 15) is 14.9 Å². The van der Waals surface area contributed by atoms with Gasteiger partial charge in [0.2, 0.25) is 0 Å². The molecular weight excluding hydrogens is 314 g/mol. The monoisotopic (exact) mass is 329 g/mol. The Morgan fingerprint density at radius 2 is 2.00 bits per heavy atom. The van der Waals surface area contributed by atoms with Gasteiger partial charge in [0.05, 0.1) is 4.92 Å². The van der Waals surface area contributed by atoms with Gasteiger partial charge in [-0.15, -0.1) is 0 Å². The van der Waals surface area contributed by atoms with Crippen LogP contribution >= 0.6 is 0 Å². The molecule has 124 valence electrons. The molecule has 0 saturated heterocycles. The van der Waals surface area contributed by atoms with Gasteiger partial charge in [-0.3, -0.25) is 10.1 Å². The first-order chi connectivity index (χ1) is 11.5. The Kier molecular flexibility index (Phi) is 5.45. The quantitative estimate of drug-likeness (QED) is 0.285. The molecule has 0 saturated carbocycles. The smallest absolute Gasteiger partial charge is 0.372 e. The third-order valence-electron chi connectivity index (χ3n) is 2.94. The number of amidine groups is 1. The maximum absolute atomic E-state index is 11.6. The summed E-state index contributed by atoms with van der Waals surface area (Å²) in [7, 11) is 0. The number of nitro groups is 1. The van der Waals surface area contributed by atoms with Crippen LogP contribution in [0.5, 0.6) is 5.75 Å². The zero-order chi connectivity index (χ0) is 17.5. The number of aryl methyl sites for hydroxylation is 1. The first kappa shape index (κ1) is 16.9. The van der Waals surface area contributed by atoms with Crippen LogP contribution in [0.1, 0.15) is 11.1 Å². The number of nitrogens with zero attached hydrogens (tertiary/aromatic N) is 2. The molecule has 2 aromatic rings. The summed E-state index contributed by atoms with van der Waals surface area (Å²) in [6, 6.07) is 12.7. The lowest BCUT2D eigenvalue weighted by molar-refractivity contribution is -0.384. The fourth-order valence-electron chi connectivity index (χ4n) is 1.81. The predicted octanol–water partition coefficient (Wildman–Crippen LogP) is 2.15. The Morgan fingerprint density at radius 3 is 2.71 bits per heavy atom. The topological polar surface area (TPSA) is 117 Å². The van der Waals surface area contributed by atoms with E-state index >= 15 is 0 Å². The third kappa shape index (κ3) is 4.80. The molecule has 2 rings (SSSR count). The minimum atomic E-state index is -0.745. The van der Waals surface area contributed by atoms with E-state index < -0.39 is 10.9 Å². The van der Waals surface area contributed by atoms with Crippen molar-refractivity contribution in [1.29, 1.82) is 0 Å². The molecule has 0 radical (unpaired) electrons. The molecule has 0 aliphatic rings. The molecule has 2 N–H and O–H groups in total. The first-order valence-electron chi connectivity index (χ1n) is 6.93. The summed E-state index contributed by atoms with van der Waals surface area (Å²) in [4.78, 5) is 26.4. The van der Waals surface area contributed by atoms with E-state index in [-0.39, 0.29) is 23.7 Å². The van der Waals surface area contributed by atoms with Crippen molar-refractivity contribution in [2.45, 2.75) is 6.92 Å². The van der Waals surface area contributed by atoms with Gasteiger partial charge in [-0.2, -0.15) is 0 Å². The number of nitro benzene ring substituents is 1. The number of nitrogens with two attached hydrogens (primary N) is 1. The summed E-state index contributed by atoms with van der Waals surface area (Å²) in [5.74, 6) is -0.366. The van der Waals surface area contributed by atoms with Gasteiger partial charge in [-0.05, 0) is 24.6 Å². The fourth-order valence-corrected chi connectivity index (χ4v) is 1.81. The van der Waals surface area contributed by atoms with E-state index in [1.165, 1.54) is 24.3 Å². The average Bonchev–Trinajstić information content (AvgIpc) is 2.58. The van der Waals surface area contributed by atoms with Gasteiger partial charge >= 0.3 is 5.97 Å². The molecule has 0 amide bonds. The summed E-state index contributed by atoms with van der Waals surface area (Å²) in [5, 5.41) is 14.2. The van der Waals surface area contributed by atoms with Crippen molar-refractivity contribution in [2.75, 3.05) is 6.61 Å². The molecule has 0 fully saturated rings. The van der Waals surface area contributed by atoms with Gasteiger partial charge in [-0.1, -0.05) is 29.4 Å². The Labute approximate surface area is 137 Å². The standard InChI is InChI=1S/C16H15N3O5/c1-11-4-2-7-14(8-11)23-10-15(20)24-18-16(17)12-5-3-6-13(9-12)19(21)22/h2-9H,10H2,1H3,(H2,17,18). The number of benzene rings is 2. The Balaban J connectivity index is 1.93. The fraction of sp³-hybridized carbons (Fsp3) is 0.125. The van der Waals surface area contributed by atoms with Gasteiger partial charge in [0, 0.05) is 17.7 Å². The van der Waals surface area contributed by atoms with Gasteiger partial charge in [0.15, 0.2) is 12.4 Å². The molecule has 8 nitrogen and oxygen atoms in total. The van der Waals surface area contributed by atoms with Crippen LogP contribution < -0.4 is 10.5 Å². The van der Waals surface area contributed by atoms with Crippen LogP contribution in [0.3, 0.4) is 0 Å². The summed E-state index contributed by atoms with van der Waals surface area (Å²) in [5.41, 5.74) is 6.78. The van der Waals surface area contributed by atoms with Crippen molar-refractivity contribution in [2.24, 2.45) is 10.9 Å². The van der Waals surface area contributed by atoms with Gasteiger partial charge < -0.3 is 15.3 Å². The molecule has 0 aliphatic heterocycles. The highest BCUT2D eigenvalue weighted by atomic mass is 16.7. The number of oxime groups is 1. The van der Waals surface area contributed by atoms with E-state index in [1.807, 2.05) is 13.0 Å². The lowest BCUT2D eigenvalue weighted by Gasteiger charge is -2.05. The van der Waals surface area contributed by atoms with Crippen LogP contribution in [0, 0.1) is 17.0 Å². The van der Waals surface area contributed by atoms with Crippen LogP contribution in [0.15, 0.2) is 53.7 Å². The normalized spacial score (nSPS) is 11.0. The van der Waals surface area contributed by atoms with E-state index in [0.29, 0.717) is 5.75 Å².